The van der Waals surface area contributed by atoms with Crippen LogP contribution in [0.1, 0.15) is 47.0 Å². The van der Waals surface area contributed by atoms with Crippen LogP contribution in [-0.4, -0.2) is 35.0 Å². The second kappa shape index (κ2) is 13.7. The maximum absolute atomic E-state index is 13.6. The zero-order valence-corrected chi connectivity index (χ0v) is 25.8. The van der Waals surface area contributed by atoms with Gasteiger partial charge in [0.05, 0.1) is 10.0 Å². The Morgan fingerprint density at radius 1 is 0.907 bits per heavy atom. The number of carbonyl (C=O) groups is 2. The molecule has 5 rings (SSSR count). The number of aliphatic carboxylic acids is 1. The van der Waals surface area contributed by atoms with E-state index in [1.807, 2.05) is 98.0 Å². The van der Waals surface area contributed by atoms with E-state index in [2.05, 4.69) is 22.9 Å². The molecule has 7 heteroatoms. The average molecular weight is 641 g/mol. The number of unbranched alkanes of at least 4 members (excludes halogenated alkanes) is 1. The number of benzene rings is 4. The minimum Gasteiger partial charge on any atom is -0.478 e. The molecule has 0 spiro atoms. The van der Waals surface area contributed by atoms with Crippen molar-refractivity contribution >= 4 is 38.8 Å². The largest absolute Gasteiger partial charge is 0.478 e. The Kier molecular flexibility index (Phi) is 9.62. The first-order valence-electron chi connectivity index (χ1n) is 14.4. The van der Waals surface area contributed by atoms with Crippen molar-refractivity contribution in [2.45, 2.75) is 45.3 Å². The highest BCUT2D eigenvalue weighted by Gasteiger charge is 2.24. The highest BCUT2D eigenvalue weighted by Crippen LogP contribution is 2.33. The molecular weight excluding hydrogens is 606 g/mol. The van der Waals surface area contributed by atoms with E-state index in [1.165, 1.54) is 0 Å². The standard InChI is InChI=1S/C36H34BrNO5/c1-3-4-13-32-34(28-12-8-9-14-30(28)42-32)35(39)38(2)23-25-15-17-26(18-16-25)27-19-20-31(29(37)22-27)43-33(36(40)41)21-24-10-6-5-7-11-24/h5-12,14-20,22,33H,3-4,13,21,23H2,1-2H3,(H,40,41). The predicted octanol–water partition coefficient (Wildman–Crippen LogP) is 8.55. The van der Waals surface area contributed by atoms with Crippen molar-refractivity contribution in [3.05, 3.63) is 124 Å². The highest BCUT2D eigenvalue weighted by atomic mass is 79.9. The van der Waals surface area contributed by atoms with Crippen LogP contribution in [-0.2, 0) is 24.2 Å². The van der Waals surface area contributed by atoms with E-state index in [0.717, 1.165) is 58.2 Å². The van der Waals surface area contributed by atoms with E-state index in [-0.39, 0.29) is 12.3 Å². The third kappa shape index (κ3) is 7.17. The van der Waals surface area contributed by atoms with Crippen molar-refractivity contribution in [2.24, 2.45) is 0 Å². The van der Waals surface area contributed by atoms with Crippen LogP contribution in [0.25, 0.3) is 22.1 Å². The second-order valence-corrected chi connectivity index (χ2v) is 11.5. The van der Waals surface area contributed by atoms with Crippen LogP contribution >= 0.6 is 15.9 Å². The molecule has 1 aromatic heterocycles. The van der Waals surface area contributed by atoms with Gasteiger partial charge in [-0.25, -0.2) is 4.79 Å². The van der Waals surface area contributed by atoms with Gasteiger partial charge < -0.3 is 19.2 Å². The van der Waals surface area contributed by atoms with E-state index in [9.17, 15) is 14.7 Å². The highest BCUT2D eigenvalue weighted by molar-refractivity contribution is 9.10. The van der Waals surface area contributed by atoms with Gasteiger partial charge in [0.25, 0.3) is 5.91 Å². The maximum atomic E-state index is 13.6. The van der Waals surface area contributed by atoms with E-state index in [4.69, 9.17) is 9.15 Å². The Morgan fingerprint density at radius 2 is 1.60 bits per heavy atom. The van der Waals surface area contributed by atoms with Gasteiger partial charge in [-0.15, -0.1) is 0 Å². The van der Waals surface area contributed by atoms with Crippen molar-refractivity contribution in [1.29, 1.82) is 0 Å². The third-order valence-corrected chi connectivity index (χ3v) is 8.05. The van der Waals surface area contributed by atoms with Crippen LogP contribution in [0.2, 0.25) is 0 Å². The number of rotatable bonds is 12. The summed E-state index contributed by atoms with van der Waals surface area (Å²) in [4.78, 5) is 27.2. The molecule has 0 saturated carbocycles. The molecule has 220 valence electrons. The van der Waals surface area contributed by atoms with Gasteiger partial charge in [0.15, 0.2) is 6.10 Å². The molecule has 4 aromatic carbocycles. The lowest BCUT2D eigenvalue weighted by molar-refractivity contribution is -0.145. The van der Waals surface area contributed by atoms with Crippen LogP contribution in [0.15, 0.2) is 106 Å². The summed E-state index contributed by atoms with van der Waals surface area (Å²) in [6, 6.07) is 30.8. The molecule has 1 amide bonds. The monoisotopic (exact) mass is 639 g/mol. The number of amides is 1. The fourth-order valence-corrected chi connectivity index (χ4v) is 5.59. The molecule has 0 fully saturated rings. The summed E-state index contributed by atoms with van der Waals surface area (Å²) in [6.45, 7) is 2.59. The first-order chi connectivity index (χ1) is 20.8. The number of para-hydroxylation sites is 1. The first-order valence-corrected chi connectivity index (χ1v) is 15.2. The molecule has 6 nitrogen and oxygen atoms in total. The average Bonchev–Trinajstić information content (AvgIpc) is 3.39. The number of hydrogen-bond donors (Lipinski definition) is 1. The van der Waals surface area contributed by atoms with Crippen molar-refractivity contribution in [2.75, 3.05) is 7.05 Å². The number of aryl methyl sites for hydroxylation is 1. The Bertz CT molecular complexity index is 1710. The van der Waals surface area contributed by atoms with Crippen LogP contribution < -0.4 is 4.74 Å². The fourth-order valence-electron chi connectivity index (χ4n) is 5.12. The molecule has 1 N–H and O–H groups in total. The van der Waals surface area contributed by atoms with Crippen molar-refractivity contribution in [3.8, 4) is 16.9 Å². The number of carboxylic acids is 1. The lowest BCUT2D eigenvalue weighted by Crippen LogP contribution is -2.29. The Hall–Kier alpha value is -4.36. The molecule has 43 heavy (non-hydrogen) atoms. The number of fused-ring (bicyclic) bond motifs is 1. The van der Waals surface area contributed by atoms with Crippen molar-refractivity contribution < 1.29 is 23.8 Å². The Labute approximate surface area is 260 Å². The summed E-state index contributed by atoms with van der Waals surface area (Å²) >= 11 is 3.56. The Balaban J connectivity index is 1.27. The summed E-state index contributed by atoms with van der Waals surface area (Å²) in [5, 5.41) is 10.6. The molecule has 0 aliphatic carbocycles. The van der Waals surface area contributed by atoms with Gasteiger partial charge in [0.1, 0.15) is 17.1 Å². The van der Waals surface area contributed by atoms with Gasteiger partial charge in [0, 0.05) is 31.8 Å². The third-order valence-electron chi connectivity index (χ3n) is 7.43. The molecule has 1 unspecified atom stereocenters. The quantitative estimate of drug-likeness (QED) is 0.148. The minimum absolute atomic E-state index is 0.0495. The van der Waals surface area contributed by atoms with Gasteiger partial charge in [-0.3, -0.25) is 4.79 Å². The number of furan rings is 1. The lowest BCUT2D eigenvalue weighted by Gasteiger charge is -2.18. The number of ether oxygens (including phenoxy) is 1. The number of carboxylic acid groups (broad SMARTS) is 1. The van der Waals surface area contributed by atoms with Crippen LogP contribution in [0.3, 0.4) is 0 Å². The van der Waals surface area contributed by atoms with Gasteiger partial charge >= 0.3 is 5.97 Å². The van der Waals surface area contributed by atoms with Gasteiger partial charge in [-0.2, -0.15) is 0 Å². The summed E-state index contributed by atoms with van der Waals surface area (Å²) in [6.07, 6.45) is 1.97. The van der Waals surface area contributed by atoms with E-state index < -0.39 is 12.1 Å². The minimum atomic E-state index is -1.02. The molecular formula is C36H34BrNO5. The molecule has 1 atom stereocenters. The summed E-state index contributed by atoms with van der Waals surface area (Å²) in [5.74, 6) is 0.153. The van der Waals surface area contributed by atoms with Crippen molar-refractivity contribution in [1.82, 2.24) is 4.90 Å². The predicted molar refractivity (Wildman–Crippen MR) is 172 cm³/mol. The van der Waals surface area contributed by atoms with Gasteiger partial charge in [-0.1, -0.05) is 92.2 Å². The van der Waals surface area contributed by atoms with E-state index in [0.29, 0.717) is 22.3 Å². The summed E-state index contributed by atoms with van der Waals surface area (Å²) < 4.78 is 12.6. The summed E-state index contributed by atoms with van der Waals surface area (Å²) in [5.41, 5.74) is 5.25. The van der Waals surface area contributed by atoms with E-state index in [1.54, 1.807) is 11.0 Å². The number of hydrogen-bond acceptors (Lipinski definition) is 4. The maximum Gasteiger partial charge on any atom is 0.345 e. The lowest BCUT2D eigenvalue weighted by atomic mass is 10.0. The SMILES string of the molecule is CCCCc1oc2ccccc2c1C(=O)N(C)Cc1ccc(-c2ccc(OC(Cc3ccccc3)C(=O)O)c(Br)c2)cc1. The van der Waals surface area contributed by atoms with Gasteiger partial charge in [0.2, 0.25) is 0 Å². The van der Waals surface area contributed by atoms with Gasteiger partial charge in [-0.05, 0) is 62.8 Å². The topological polar surface area (TPSA) is 80.0 Å². The fraction of sp³-hybridized carbons (Fsp3) is 0.222. The molecule has 0 aliphatic rings. The molecule has 0 bridgehead atoms. The number of carbonyl (C=O) groups excluding carboxylic acids is 1. The molecule has 0 aliphatic heterocycles. The summed E-state index contributed by atoms with van der Waals surface area (Å²) in [7, 11) is 1.82. The zero-order chi connectivity index (χ0) is 30.3. The van der Waals surface area contributed by atoms with Crippen LogP contribution in [0.5, 0.6) is 5.75 Å². The normalized spacial score (nSPS) is 11.8. The van der Waals surface area contributed by atoms with Crippen LogP contribution in [0.4, 0.5) is 0 Å². The molecule has 0 radical (unpaired) electrons. The Morgan fingerprint density at radius 3 is 2.30 bits per heavy atom. The molecule has 1 heterocycles. The van der Waals surface area contributed by atoms with Crippen molar-refractivity contribution in [3.63, 3.8) is 0 Å². The zero-order valence-electron chi connectivity index (χ0n) is 24.3. The first kappa shape index (κ1) is 30.1. The number of halogens is 1. The smallest absolute Gasteiger partial charge is 0.345 e. The van der Waals surface area contributed by atoms with E-state index >= 15 is 0 Å². The molecule has 0 saturated heterocycles. The van der Waals surface area contributed by atoms with Crippen LogP contribution in [0, 0.1) is 0 Å². The second-order valence-electron chi connectivity index (χ2n) is 10.6. The number of nitrogens with zero attached hydrogens (tertiary/aromatic N) is 1. The molecule has 5 aromatic rings.